The largest absolute Gasteiger partial charge is 0.480 e. The highest BCUT2D eigenvalue weighted by Gasteiger charge is 2.36. The van der Waals surface area contributed by atoms with E-state index >= 15 is 0 Å². The van der Waals surface area contributed by atoms with Crippen molar-refractivity contribution in [1.82, 2.24) is 19.8 Å². The molecule has 2 atom stereocenters. The Morgan fingerprint density at radius 2 is 1.62 bits per heavy atom. The number of rotatable bonds is 15. The molecular weight excluding hydrogens is 556 g/mol. The average molecular weight is 601 g/mol. The molecule has 230 valence electrons. The van der Waals surface area contributed by atoms with Crippen molar-refractivity contribution in [2.24, 2.45) is 5.92 Å². The van der Waals surface area contributed by atoms with E-state index < -0.39 is 28.1 Å². The Hall–Kier alpha value is -3.44. The molecule has 3 amide bonds. The van der Waals surface area contributed by atoms with Crippen LogP contribution in [0, 0.1) is 12.8 Å². The molecule has 0 spiro atoms. The van der Waals surface area contributed by atoms with Gasteiger partial charge in [0.1, 0.15) is 12.1 Å². The first-order valence-electron chi connectivity index (χ1n) is 14.7. The zero-order valence-corrected chi connectivity index (χ0v) is 25.6. The molecule has 0 aromatic heterocycles. The third kappa shape index (κ3) is 9.55. The van der Waals surface area contributed by atoms with E-state index in [2.05, 4.69) is 10.6 Å². The minimum Gasteiger partial charge on any atom is -0.480 e. The van der Waals surface area contributed by atoms with Crippen molar-refractivity contribution in [2.75, 3.05) is 26.2 Å². The fraction of sp³-hybridized carbons (Fsp3) is 0.516. The number of aliphatic carboxylic acids is 1. The molecule has 11 heteroatoms. The van der Waals surface area contributed by atoms with Crippen molar-refractivity contribution in [3.05, 3.63) is 65.7 Å². The zero-order chi connectivity index (χ0) is 30.7. The minimum absolute atomic E-state index is 0.0627. The number of carbonyl (C=O) groups is 3. The Labute approximate surface area is 249 Å². The second kappa shape index (κ2) is 15.7. The Morgan fingerprint density at radius 1 is 0.976 bits per heavy atom. The first-order valence-corrected chi connectivity index (χ1v) is 16.1. The van der Waals surface area contributed by atoms with E-state index in [1.807, 2.05) is 51.1 Å². The second-order valence-corrected chi connectivity index (χ2v) is 13.2. The van der Waals surface area contributed by atoms with Crippen LogP contribution in [0.3, 0.4) is 0 Å². The van der Waals surface area contributed by atoms with Gasteiger partial charge in [-0.2, -0.15) is 4.31 Å². The Kier molecular flexibility index (Phi) is 12.4. The lowest BCUT2D eigenvalue weighted by atomic mass is 10.0. The first kappa shape index (κ1) is 33.1. The molecule has 1 aliphatic heterocycles. The van der Waals surface area contributed by atoms with Crippen molar-refractivity contribution < 1.29 is 27.9 Å². The van der Waals surface area contributed by atoms with Crippen molar-refractivity contribution in [3.63, 3.8) is 0 Å². The van der Waals surface area contributed by atoms with Crippen LogP contribution >= 0.6 is 0 Å². The van der Waals surface area contributed by atoms with Crippen LogP contribution in [0.1, 0.15) is 57.1 Å². The highest BCUT2D eigenvalue weighted by atomic mass is 32.2. The number of benzene rings is 2. The molecule has 1 saturated heterocycles. The van der Waals surface area contributed by atoms with Gasteiger partial charge in [-0.05, 0) is 62.6 Å². The number of carbonyl (C=O) groups excluding carboxylic acids is 2. The third-order valence-corrected chi connectivity index (χ3v) is 9.19. The van der Waals surface area contributed by atoms with Crippen LogP contribution in [0.5, 0.6) is 0 Å². The number of unbranched alkanes of at least 4 members (excludes halogenated alkanes) is 1. The molecule has 10 nitrogen and oxygen atoms in total. The predicted molar refractivity (Wildman–Crippen MR) is 161 cm³/mol. The SMILES string of the molecule is Cc1ccc(S(=O)(=O)N(CC(C)C)[C@@H](CCCCNC(=O)[C@H](Cc2ccccc2)NC(=O)N2CCCC2)C(=O)O)cc1. The van der Waals surface area contributed by atoms with E-state index in [0.717, 1.165) is 28.3 Å². The maximum Gasteiger partial charge on any atom is 0.322 e. The van der Waals surface area contributed by atoms with Gasteiger partial charge < -0.3 is 20.6 Å². The molecule has 0 saturated carbocycles. The number of sulfonamides is 1. The molecule has 2 aromatic carbocycles. The van der Waals surface area contributed by atoms with Gasteiger partial charge in [-0.1, -0.05) is 61.9 Å². The van der Waals surface area contributed by atoms with E-state index in [0.29, 0.717) is 32.4 Å². The summed E-state index contributed by atoms with van der Waals surface area (Å²) >= 11 is 0. The standard InChI is InChI=1S/C31H44N4O6S/c1-23(2)22-35(42(40,41)26-16-14-24(3)15-17-26)28(30(37)38)13-7-8-18-32-29(36)27(21-25-11-5-4-6-12-25)33-31(39)34-19-9-10-20-34/h4-6,11-12,14-17,23,27-28H,7-10,13,18-22H2,1-3H3,(H,32,36)(H,33,39)(H,37,38)/t27-,28-/m0/s1. The number of urea groups is 1. The van der Waals surface area contributed by atoms with Gasteiger partial charge in [-0.25, -0.2) is 13.2 Å². The number of nitrogens with one attached hydrogen (secondary N) is 2. The van der Waals surface area contributed by atoms with E-state index in [1.54, 1.807) is 17.0 Å². The zero-order valence-electron chi connectivity index (χ0n) is 24.8. The quantitative estimate of drug-likeness (QED) is 0.266. The van der Waals surface area contributed by atoms with E-state index in [-0.39, 0.29) is 42.3 Å². The lowest BCUT2D eigenvalue weighted by molar-refractivity contribution is -0.142. The number of nitrogens with zero attached hydrogens (tertiary/aromatic N) is 2. The van der Waals surface area contributed by atoms with Gasteiger partial charge in [0.05, 0.1) is 4.90 Å². The molecule has 1 aliphatic rings. The van der Waals surface area contributed by atoms with E-state index in [9.17, 15) is 27.9 Å². The van der Waals surface area contributed by atoms with Crippen molar-refractivity contribution >= 4 is 27.9 Å². The summed E-state index contributed by atoms with van der Waals surface area (Å²) in [5, 5.41) is 15.8. The summed E-state index contributed by atoms with van der Waals surface area (Å²) in [6.45, 7) is 7.23. The Morgan fingerprint density at radius 3 is 2.21 bits per heavy atom. The lowest BCUT2D eigenvalue weighted by Crippen LogP contribution is -2.51. The number of likely N-dealkylation sites (tertiary alicyclic amines) is 1. The van der Waals surface area contributed by atoms with Gasteiger partial charge in [0.15, 0.2) is 0 Å². The van der Waals surface area contributed by atoms with Gasteiger partial charge in [0.25, 0.3) is 0 Å². The molecule has 0 unspecified atom stereocenters. The summed E-state index contributed by atoms with van der Waals surface area (Å²) in [5.41, 5.74) is 1.83. The first-order chi connectivity index (χ1) is 20.0. The predicted octanol–water partition coefficient (Wildman–Crippen LogP) is 3.80. The molecule has 0 radical (unpaired) electrons. The third-order valence-electron chi connectivity index (χ3n) is 7.30. The van der Waals surface area contributed by atoms with Gasteiger partial charge >= 0.3 is 12.0 Å². The molecule has 3 rings (SSSR count). The van der Waals surface area contributed by atoms with Gasteiger partial charge in [0.2, 0.25) is 15.9 Å². The monoisotopic (exact) mass is 600 g/mol. The van der Waals surface area contributed by atoms with E-state index in [4.69, 9.17) is 0 Å². The summed E-state index contributed by atoms with van der Waals surface area (Å²) in [6, 6.07) is 13.6. The fourth-order valence-electron chi connectivity index (χ4n) is 5.01. The summed E-state index contributed by atoms with van der Waals surface area (Å²) in [5.74, 6) is -1.60. The van der Waals surface area contributed by atoms with Crippen LogP contribution in [0.25, 0.3) is 0 Å². The van der Waals surface area contributed by atoms with E-state index in [1.165, 1.54) is 12.1 Å². The number of carboxylic acid groups (broad SMARTS) is 1. The topological polar surface area (TPSA) is 136 Å². The maximum absolute atomic E-state index is 13.5. The lowest BCUT2D eigenvalue weighted by Gasteiger charge is -2.29. The molecule has 0 bridgehead atoms. The molecule has 42 heavy (non-hydrogen) atoms. The number of carboxylic acids is 1. The van der Waals surface area contributed by atoms with Crippen LogP contribution in [0.15, 0.2) is 59.5 Å². The fourth-order valence-corrected chi connectivity index (χ4v) is 6.78. The minimum atomic E-state index is -4.03. The highest BCUT2D eigenvalue weighted by Crippen LogP contribution is 2.23. The van der Waals surface area contributed by atoms with Crippen molar-refractivity contribution in [3.8, 4) is 0 Å². The van der Waals surface area contributed by atoms with Crippen molar-refractivity contribution in [2.45, 2.75) is 76.3 Å². The van der Waals surface area contributed by atoms with Crippen molar-refractivity contribution in [1.29, 1.82) is 0 Å². The van der Waals surface area contributed by atoms with Crippen LogP contribution in [-0.4, -0.2) is 78.9 Å². The molecule has 3 N–H and O–H groups in total. The summed E-state index contributed by atoms with van der Waals surface area (Å²) in [4.78, 5) is 39.9. The molecule has 0 aliphatic carbocycles. The molecule has 2 aromatic rings. The number of hydrogen-bond acceptors (Lipinski definition) is 5. The molecule has 1 fully saturated rings. The average Bonchev–Trinajstić information content (AvgIpc) is 3.49. The normalized spacial score (nSPS) is 15.0. The maximum atomic E-state index is 13.5. The summed E-state index contributed by atoms with van der Waals surface area (Å²) in [7, 11) is -4.03. The Bertz CT molecular complexity index is 1280. The number of hydrogen-bond donors (Lipinski definition) is 3. The summed E-state index contributed by atoms with van der Waals surface area (Å²) < 4.78 is 28.0. The summed E-state index contributed by atoms with van der Waals surface area (Å²) in [6.07, 6.45) is 3.17. The van der Waals surface area contributed by atoms with Crippen LogP contribution in [0.2, 0.25) is 0 Å². The molecular formula is C31H44N4O6S. The number of aryl methyl sites for hydroxylation is 1. The Balaban J connectivity index is 1.61. The van der Waals surface area contributed by atoms with Crippen LogP contribution < -0.4 is 10.6 Å². The van der Waals surface area contributed by atoms with Crippen LogP contribution in [-0.2, 0) is 26.0 Å². The highest BCUT2D eigenvalue weighted by molar-refractivity contribution is 7.89. The van der Waals surface area contributed by atoms with Gasteiger partial charge in [-0.15, -0.1) is 0 Å². The number of amides is 3. The van der Waals surface area contributed by atoms with Crippen LogP contribution in [0.4, 0.5) is 4.79 Å². The van der Waals surface area contributed by atoms with Gasteiger partial charge in [0, 0.05) is 32.6 Å². The second-order valence-electron chi connectivity index (χ2n) is 11.3. The van der Waals surface area contributed by atoms with Gasteiger partial charge in [-0.3, -0.25) is 9.59 Å². The molecule has 1 heterocycles. The smallest absolute Gasteiger partial charge is 0.322 e.